The number of aromatic nitrogens is 4. The Balaban J connectivity index is 0.00000208. The predicted octanol–water partition coefficient (Wildman–Crippen LogP) is 0.109. The maximum atomic E-state index is 12.2. The number of hydrogen-bond donors (Lipinski definition) is 2. The van der Waals surface area contributed by atoms with E-state index in [0.717, 1.165) is 44.8 Å². The number of rotatable bonds is 6. The topological polar surface area (TPSA) is 88.0 Å². The fourth-order valence-corrected chi connectivity index (χ4v) is 2.61. The first-order valence-corrected chi connectivity index (χ1v) is 7.87. The second-order valence-corrected chi connectivity index (χ2v) is 5.51. The Kier molecular flexibility index (Phi) is 7.10. The minimum atomic E-state index is -0.0692. The Morgan fingerprint density at radius 3 is 2.88 bits per heavy atom. The Labute approximate surface area is 147 Å². The summed E-state index contributed by atoms with van der Waals surface area (Å²) in [6.45, 7) is 5.97. The van der Waals surface area contributed by atoms with Crippen molar-refractivity contribution in [3.8, 4) is 5.69 Å². The van der Waals surface area contributed by atoms with Crippen molar-refractivity contribution in [1.29, 1.82) is 0 Å². The quantitative estimate of drug-likeness (QED) is 0.718. The van der Waals surface area contributed by atoms with E-state index in [9.17, 15) is 4.79 Å². The lowest BCUT2D eigenvalue weighted by atomic mass is 10.2. The van der Waals surface area contributed by atoms with E-state index in [1.165, 1.54) is 11.0 Å². The van der Waals surface area contributed by atoms with E-state index in [1.807, 2.05) is 12.1 Å². The summed E-state index contributed by atoms with van der Waals surface area (Å²) in [6, 6.07) is 7.26. The van der Waals surface area contributed by atoms with Crippen LogP contribution in [-0.4, -0.2) is 70.3 Å². The monoisotopic (exact) mass is 351 g/mol. The molecule has 1 amide bonds. The van der Waals surface area contributed by atoms with E-state index in [1.54, 1.807) is 12.1 Å². The van der Waals surface area contributed by atoms with Crippen LogP contribution in [0.3, 0.4) is 0 Å². The molecule has 130 valence electrons. The minimum absolute atomic E-state index is 0. The Bertz CT molecular complexity index is 629. The predicted molar refractivity (Wildman–Crippen MR) is 92.7 cm³/mol. The van der Waals surface area contributed by atoms with E-state index in [2.05, 4.69) is 31.1 Å². The summed E-state index contributed by atoms with van der Waals surface area (Å²) in [6.07, 6.45) is 2.46. The number of piperazine rings is 1. The van der Waals surface area contributed by atoms with Crippen LogP contribution in [0.4, 0.5) is 0 Å². The fraction of sp³-hybridized carbons (Fsp3) is 0.467. The van der Waals surface area contributed by atoms with Crippen LogP contribution in [0.15, 0.2) is 30.6 Å². The molecular formula is C15H22ClN7O. The molecule has 0 spiro atoms. The zero-order valence-corrected chi connectivity index (χ0v) is 14.2. The highest BCUT2D eigenvalue weighted by molar-refractivity contribution is 5.94. The normalized spacial score (nSPS) is 14.8. The van der Waals surface area contributed by atoms with Gasteiger partial charge in [-0.2, -0.15) is 0 Å². The highest BCUT2D eigenvalue weighted by atomic mass is 35.5. The smallest absolute Gasteiger partial charge is 0.251 e. The Morgan fingerprint density at radius 2 is 2.12 bits per heavy atom. The van der Waals surface area contributed by atoms with Crippen LogP contribution in [0.25, 0.3) is 5.69 Å². The van der Waals surface area contributed by atoms with E-state index in [4.69, 9.17) is 0 Å². The lowest BCUT2D eigenvalue weighted by Crippen LogP contribution is -2.44. The molecule has 0 saturated carbocycles. The van der Waals surface area contributed by atoms with Gasteiger partial charge in [-0.15, -0.1) is 17.5 Å². The van der Waals surface area contributed by atoms with Gasteiger partial charge in [-0.3, -0.25) is 4.79 Å². The van der Waals surface area contributed by atoms with Crippen molar-refractivity contribution < 1.29 is 4.79 Å². The van der Waals surface area contributed by atoms with Gasteiger partial charge >= 0.3 is 0 Å². The zero-order chi connectivity index (χ0) is 15.9. The molecule has 0 bridgehead atoms. The number of amides is 1. The summed E-state index contributed by atoms with van der Waals surface area (Å²) < 4.78 is 1.53. The minimum Gasteiger partial charge on any atom is -0.352 e. The van der Waals surface area contributed by atoms with Crippen LogP contribution in [0, 0.1) is 0 Å². The van der Waals surface area contributed by atoms with E-state index in [-0.39, 0.29) is 18.3 Å². The van der Waals surface area contributed by atoms with Crippen molar-refractivity contribution in [3.63, 3.8) is 0 Å². The standard InChI is InChI=1S/C15H21N7O.ClH/c23-15(17-5-2-8-21-9-6-16-7-10-21)13-3-1-4-14(11-13)22-12-18-19-20-22;/h1,3-4,11-12,16H,2,5-10H2,(H,17,23);1H. The van der Waals surface area contributed by atoms with Gasteiger partial charge in [0, 0.05) is 38.3 Å². The molecular weight excluding hydrogens is 330 g/mol. The third-order valence-corrected chi connectivity index (χ3v) is 3.87. The SMILES string of the molecule is Cl.O=C(NCCCN1CCNCC1)c1cccc(-n2cnnn2)c1. The molecule has 1 aromatic carbocycles. The first kappa shape index (κ1) is 18.3. The number of carbonyl (C=O) groups excluding carboxylic acids is 1. The number of hydrogen-bond acceptors (Lipinski definition) is 6. The van der Waals surface area contributed by atoms with Gasteiger partial charge in [-0.1, -0.05) is 6.07 Å². The van der Waals surface area contributed by atoms with E-state index >= 15 is 0 Å². The summed E-state index contributed by atoms with van der Waals surface area (Å²) in [5.74, 6) is -0.0692. The molecule has 0 aliphatic carbocycles. The number of benzene rings is 1. The summed E-state index contributed by atoms with van der Waals surface area (Å²) in [7, 11) is 0. The summed E-state index contributed by atoms with van der Waals surface area (Å²) in [5, 5.41) is 17.3. The molecule has 1 saturated heterocycles. The van der Waals surface area contributed by atoms with Gasteiger partial charge in [0.1, 0.15) is 6.33 Å². The van der Waals surface area contributed by atoms with Gasteiger partial charge in [0.15, 0.2) is 0 Å². The molecule has 2 N–H and O–H groups in total. The first-order chi connectivity index (χ1) is 11.3. The third kappa shape index (κ3) is 4.98. The molecule has 0 unspecified atom stereocenters. The van der Waals surface area contributed by atoms with Crippen molar-refractivity contribution in [2.75, 3.05) is 39.3 Å². The van der Waals surface area contributed by atoms with Crippen LogP contribution in [0.1, 0.15) is 16.8 Å². The van der Waals surface area contributed by atoms with Crippen LogP contribution in [-0.2, 0) is 0 Å². The van der Waals surface area contributed by atoms with Gasteiger partial charge < -0.3 is 15.5 Å². The summed E-state index contributed by atoms with van der Waals surface area (Å²) >= 11 is 0. The van der Waals surface area contributed by atoms with Gasteiger partial charge in [0.05, 0.1) is 5.69 Å². The van der Waals surface area contributed by atoms with Crippen molar-refractivity contribution >= 4 is 18.3 Å². The zero-order valence-electron chi connectivity index (χ0n) is 13.4. The van der Waals surface area contributed by atoms with Gasteiger partial charge in [-0.25, -0.2) is 4.68 Å². The molecule has 24 heavy (non-hydrogen) atoms. The molecule has 1 aliphatic heterocycles. The third-order valence-electron chi connectivity index (χ3n) is 3.87. The Morgan fingerprint density at radius 1 is 1.29 bits per heavy atom. The molecule has 1 fully saturated rings. The fourth-order valence-electron chi connectivity index (χ4n) is 2.61. The molecule has 1 aliphatic rings. The van der Waals surface area contributed by atoms with Crippen molar-refractivity contribution in [3.05, 3.63) is 36.2 Å². The van der Waals surface area contributed by atoms with Crippen molar-refractivity contribution in [1.82, 2.24) is 35.7 Å². The van der Waals surface area contributed by atoms with Crippen LogP contribution in [0.5, 0.6) is 0 Å². The van der Waals surface area contributed by atoms with Gasteiger partial charge in [-0.05, 0) is 41.6 Å². The molecule has 9 heteroatoms. The Hall–Kier alpha value is -2.03. The number of nitrogens with zero attached hydrogens (tertiary/aromatic N) is 5. The largest absolute Gasteiger partial charge is 0.352 e. The lowest BCUT2D eigenvalue weighted by Gasteiger charge is -2.27. The highest BCUT2D eigenvalue weighted by Crippen LogP contribution is 2.08. The molecule has 0 radical (unpaired) electrons. The average molecular weight is 352 g/mol. The van der Waals surface area contributed by atoms with Gasteiger partial charge in [0.2, 0.25) is 0 Å². The maximum absolute atomic E-state index is 12.2. The highest BCUT2D eigenvalue weighted by Gasteiger charge is 2.10. The van der Waals surface area contributed by atoms with Crippen LogP contribution >= 0.6 is 12.4 Å². The van der Waals surface area contributed by atoms with Crippen molar-refractivity contribution in [2.24, 2.45) is 0 Å². The summed E-state index contributed by atoms with van der Waals surface area (Å²) in [5.41, 5.74) is 1.38. The van der Waals surface area contributed by atoms with E-state index in [0.29, 0.717) is 12.1 Å². The number of carbonyl (C=O) groups is 1. The maximum Gasteiger partial charge on any atom is 0.251 e. The van der Waals surface area contributed by atoms with Crippen molar-refractivity contribution in [2.45, 2.75) is 6.42 Å². The molecule has 1 aromatic heterocycles. The summed E-state index contributed by atoms with van der Waals surface area (Å²) in [4.78, 5) is 14.6. The average Bonchev–Trinajstić information content (AvgIpc) is 3.14. The second kappa shape index (κ2) is 9.31. The molecule has 2 heterocycles. The number of halogens is 1. The van der Waals surface area contributed by atoms with Gasteiger partial charge in [0.25, 0.3) is 5.91 Å². The molecule has 3 rings (SSSR count). The second-order valence-electron chi connectivity index (χ2n) is 5.51. The number of nitrogens with one attached hydrogen (secondary N) is 2. The van der Waals surface area contributed by atoms with E-state index < -0.39 is 0 Å². The van der Waals surface area contributed by atoms with Crippen LogP contribution in [0.2, 0.25) is 0 Å². The molecule has 8 nitrogen and oxygen atoms in total. The molecule has 2 aromatic rings. The lowest BCUT2D eigenvalue weighted by molar-refractivity contribution is 0.0951. The first-order valence-electron chi connectivity index (χ1n) is 7.87. The van der Waals surface area contributed by atoms with Crippen LogP contribution < -0.4 is 10.6 Å². The number of tetrazole rings is 1. The molecule has 0 atom stereocenters.